The Morgan fingerprint density at radius 3 is 3.06 bits per heavy atom. The Morgan fingerprint density at radius 2 is 2.39 bits per heavy atom. The van der Waals surface area contributed by atoms with Crippen LogP contribution in [0.4, 0.5) is 0 Å². The highest BCUT2D eigenvalue weighted by Gasteiger charge is 2.27. The molecule has 18 heavy (non-hydrogen) atoms. The van der Waals surface area contributed by atoms with Gasteiger partial charge in [-0.05, 0) is 32.4 Å². The molecule has 5 heteroatoms. The fourth-order valence-corrected chi connectivity index (χ4v) is 2.87. The van der Waals surface area contributed by atoms with E-state index in [0.717, 1.165) is 19.6 Å². The molecule has 0 spiro atoms. The molecular weight excluding hydrogens is 230 g/mol. The van der Waals surface area contributed by atoms with Gasteiger partial charge in [-0.1, -0.05) is 0 Å². The molecule has 0 aromatic rings. The van der Waals surface area contributed by atoms with Crippen molar-refractivity contribution < 1.29 is 9.53 Å². The summed E-state index contributed by atoms with van der Waals surface area (Å²) in [5, 5.41) is 3.20. The topological polar surface area (TPSA) is 44.8 Å². The lowest BCUT2D eigenvalue weighted by Gasteiger charge is -2.34. The molecule has 2 rings (SSSR count). The number of likely N-dealkylation sites (N-methyl/N-ethyl adjacent to an activating group) is 1. The third-order valence-corrected chi connectivity index (χ3v) is 3.83. The lowest BCUT2D eigenvalue weighted by molar-refractivity contribution is -0.144. The zero-order valence-corrected chi connectivity index (χ0v) is 11.5. The van der Waals surface area contributed by atoms with Crippen molar-refractivity contribution in [1.29, 1.82) is 0 Å². The zero-order chi connectivity index (χ0) is 13.0. The fourth-order valence-electron chi connectivity index (χ4n) is 2.87. The van der Waals surface area contributed by atoms with E-state index in [2.05, 4.69) is 17.3 Å². The number of rotatable bonds is 3. The van der Waals surface area contributed by atoms with Crippen LogP contribution in [0.1, 0.15) is 12.8 Å². The van der Waals surface area contributed by atoms with E-state index < -0.39 is 0 Å². The van der Waals surface area contributed by atoms with E-state index in [9.17, 15) is 4.79 Å². The second-order valence-corrected chi connectivity index (χ2v) is 5.55. The van der Waals surface area contributed by atoms with Gasteiger partial charge in [0.05, 0.1) is 6.61 Å². The smallest absolute Gasteiger partial charge is 0.252 e. The maximum Gasteiger partial charge on any atom is 0.252 e. The number of amides is 1. The average molecular weight is 255 g/mol. The second kappa shape index (κ2) is 6.50. The summed E-state index contributed by atoms with van der Waals surface area (Å²) in [5.74, 6) is 0.727. The van der Waals surface area contributed by atoms with Gasteiger partial charge in [0, 0.05) is 33.2 Å². The van der Waals surface area contributed by atoms with Crippen molar-refractivity contribution in [2.45, 2.75) is 18.9 Å². The van der Waals surface area contributed by atoms with Gasteiger partial charge in [-0.2, -0.15) is 0 Å². The van der Waals surface area contributed by atoms with Gasteiger partial charge in [-0.15, -0.1) is 0 Å². The molecule has 1 N–H and O–H groups in total. The van der Waals surface area contributed by atoms with E-state index in [4.69, 9.17) is 4.74 Å². The Labute approximate surface area is 109 Å². The Balaban J connectivity index is 1.79. The number of ether oxygens (including phenoxy) is 1. The van der Waals surface area contributed by atoms with Gasteiger partial charge in [-0.25, -0.2) is 0 Å². The minimum Gasteiger partial charge on any atom is -0.366 e. The molecule has 2 saturated heterocycles. The first kappa shape index (κ1) is 13.8. The number of likely N-dealkylation sites (tertiary alicyclic amines) is 1. The number of carbonyl (C=O) groups excluding carboxylic acids is 1. The maximum absolute atomic E-state index is 12.2. The third kappa shape index (κ3) is 3.67. The van der Waals surface area contributed by atoms with E-state index in [1.54, 1.807) is 0 Å². The number of nitrogens with one attached hydrogen (secondary N) is 1. The van der Waals surface area contributed by atoms with Crippen LogP contribution in [-0.4, -0.2) is 75.2 Å². The molecule has 0 aromatic carbocycles. The molecule has 0 aromatic heterocycles. The first-order chi connectivity index (χ1) is 8.66. The number of morpholine rings is 1. The number of hydrogen-bond donors (Lipinski definition) is 1. The normalized spacial score (nSPS) is 30.1. The van der Waals surface area contributed by atoms with Gasteiger partial charge in [0.25, 0.3) is 5.91 Å². The largest absolute Gasteiger partial charge is 0.366 e. The summed E-state index contributed by atoms with van der Waals surface area (Å²) in [5.41, 5.74) is 0. The van der Waals surface area contributed by atoms with Gasteiger partial charge in [0.1, 0.15) is 6.10 Å². The lowest BCUT2D eigenvalue weighted by atomic mass is 9.98. The summed E-state index contributed by atoms with van der Waals surface area (Å²) in [6.07, 6.45) is 2.18. The Hall–Kier alpha value is -0.650. The molecule has 2 aliphatic heterocycles. The monoisotopic (exact) mass is 255 g/mol. The molecule has 2 heterocycles. The van der Waals surface area contributed by atoms with Gasteiger partial charge in [-0.3, -0.25) is 4.79 Å². The Morgan fingerprint density at radius 1 is 1.56 bits per heavy atom. The quantitative estimate of drug-likeness (QED) is 0.757. The van der Waals surface area contributed by atoms with E-state index in [1.807, 2.05) is 11.9 Å². The van der Waals surface area contributed by atoms with Crippen molar-refractivity contribution >= 4 is 5.91 Å². The van der Waals surface area contributed by atoms with Crippen LogP contribution >= 0.6 is 0 Å². The lowest BCUT2D eigenvalue weighted by Crippen LogP contribution is -2.50. The van der Waals surface area contributed by atoms with Crippen LogP contribution in [-0.2, 0) is 9.53 Å². The van der Waals surface area contributed by atoms with Crippen molar-refractivity contribution in [1.82, 2.24) is 15.1 Å². The molecular formula is C13H25N3O2. The predicted octanol–water partition coefficient (Wildman–Crippen LogP) is -0.225. The molecule has 0 bridgehead atoms. The Bertz CT molecular complexity index is 279. The summed E-state index contributed by atoms with van der Waals surface area (Å²) in [6, 6.07) is 0. The van der Waals surface area contributed by atoms with Crippen LogP contribution in [0.15, 0.2) is 0 Å². The number of piperidine rings is 1. The van der Waals surface area contributed by atoms with Crippen molar-refractivity contribution in [3.63, 3.8) is 0 Å². The zero-order valence-electron chi connectivity index (χ0n) is 11.5. The van der Waals surface area contributed by atoms with Crippen LogP contribution < -0.4 is 5.32 Å². The van der Waals surface area contributed by atoms with Crippen molar-refractivity contribution in [3.8, 4) is 0 Å². The summed E-state index contributed by atoms with van der Waals surface area (Å²) >= 11 is 0. The molecule has 104 valence electrons. The summed E-state index contributed by atoms with van der Waals surface area (Å²) in [7, 11) is 4.05. The number of hydrogen-bond acceptors (Lipinski definition) is 4. The van der Waals surface area contributed by atoms with Crippen LogP contribution in [0.5, 0.6) is 0 Å². The molecule has 2 atom stereocenters. The number of carbonyl (C=O) groups is 1. The van der Waals surface area contributed by atoms with Crippen LogP contribution in [0.25, 0.3) is 0 Å². The molecule has 1 amide bonds. The SMILES string of the molecule is CN1CCCC(CN(C)C(=O)[C@H]2CNCCO2)C1. The van der Waals surface area contributed by atoms with E-state index >= 15 is 0 Å². The van der Waals surface area contributed by atoms with E-state index in [-0.39, 0.29) is 12.0 Å². The average Bonchev–Trinajstić information content (AvgIpc) is 2.39. The van der Waals surface area contributed by atoms with Gasteiger partial charge >= 0.3 is 0 Å². The molecule has 5 nitrogen and oxygen atoms in total. The minimum atomic E-state index is -0.287. The van der Waals surface area contributed by atoms with Gasteiger partial charge < -0.3 is 19.9 Å². The Kier molecular flexibility index (Phi) is 4.97. The van der Waals surface area contributed by atoms with Gasteiger partial charge in [0.15, 0.2) is 0 Å². The molecule has 2 aliphatic rings. The highest BCUT2D eigenvalue weighted by Crippen LogP contribution is 2.16. The molecule has 2 fully saturated rings. The van der Waals surface area contributed by atoms with Gasteiger partial charge in [0.2, 0.25) is 0 Å². The van der Waals surface area contributed by atoms with Crippen molar-refractivity contribution in [2.75, 3.05) is 53.4 Å². The standard InChI is InChI=1S/C13H25N3O2/c1-15-6-3-4-11(9-15)10-16(2)13(17)12-8-14-5-7-18-12/h11-12,14H,3-10H2,1-2H3/t11?,12-/m1/s1. The summed E-state index contributed by atoms with van der Waals surface area (Å²) in [6.45, 7) is 5.26. The van der Waals surface area contributed by atoms with Crippen molar-refractivity contribution in [3.05, 3.63) is 0 Å². The molecule has 0 radical (unpaired) electrons. The highest BCUT2D eigenvalue weighted by molar-refractivity contribution is 5.81. The molecule has 0 saturated carbocycles. The summed E-state index contributed by atoms with van der Waals surface area (Å²) in [4.78, 5) is 16.4. The number of nitrogens with zero attached hydrogens (tertiary/aromatic N) is 2. The maximum atomic E-state index is 12.2. The predicted molar refractivity (Wildman–Crippen MR) is 70.5 cm³/mol. The van der Waals surface area contributed by atoms with Crippen LogP contribution in [0, 0.1) is 5.92 Å². The minimum absolute atomic E-state index is 0.121. The molecule has 0 aliphatic carbocycles. The molecule has 1 unspecified atom stereocenters. The van der Waals surface area contributed by atoms with Crippen LogP contribution in [0.3, 0.4) is 0 Å². The fraction of sp³-hybridized carbons (Fsp3) is 0.923. The van der Waals surface area contributed by atoms with Crippen molar-refractivity contribution in [2.24, 2.45) is 5.92 Å². The van der Waals surface area contributed by atoms with E-state index in [0.29, 0.717) is 19.1 Å². The third-order valence-electron chi connectivity index (χ3n) is 3.83. The first-order valence-electron chi connectivity index (χ1n) is 6.92. The van der Waals surface area contributed by atoms with E-state index in [1.165, 1.54) is 19.4 Å². The van der Waals surface area contributed by atoms with Crippen LogP contribution in [0.2, 0.25) is 0 Å². The second-order valence-electron chi connectivity index (χ2n) is 5.55. The summed E-state index contributed by atoms with van der Waals surface area (Å²) < 4.78 is 5.51. The highest BCUT2D eigenvalue weighted by atomic mass is 16.5. The first-order valence-corrected chi connectivity index (χ1v) is 6.92.